The van der Waals surface area contributed by atoms with Crippen LogP contribution in [0.15, 0.2) is 6.07 Å². The van der Waals surface area contributed by atoms with Crippen molar-refractivity contribution < 1.29 is 24.4 Å². The molecule has 0 spiro atoms. The first kappa shape index (κ1) is 12.6. The third-order valence-corrected chi connectivity index (χ3v) is 2.48. The summed E-state index contributed by atoms with van der Waals surface area (Å²) in [7, 11) is 1.25. The Morgan fingerprint density at radius 3 is 2.38 bits per heavy atom. The number of phenolic OH excluding ortho intramolecular Hbond substituents is 2. The molecule has 5 heteroatoms. The smallest absolute Gasteiger partial charge is 0.172 e. The lowest BCUT2D eigenvalue weighted by molar-refractivity contribution is 0.209. The first-order valence-corrected chi connectivity index (χ1v) is 4.75. The van der Waals surface area contributed by atoms with Crippen molar-refractivity contribution in [1.29, 1.82) is 0 Å². The lowest BCUT2D eigenvalue weighted by atomic mass is 9.84. The van der Waals surface area contributed by atoms with E-state index in [0.29, 0.717) is 0 Å². The van der Waals surface area contributed by atoms with Crippen LogP contribution in [0.4, 0.5) is 4.39 Å². The molecule has 0 aliphatic rings. The van der Waals surface area contributed by atoms with Crippen LogP contribution in [-0.2, 0) is 5.41 Å². The fourth-order valence-electron chi connectivity index (χ4n) is 1.46. The summed E-state index contributed by atoms with van der Waals surface area (Å²) in [4.78, 5) is 0. The monoisotopic (exact) mass is 230 g/mol. The average Bonchev–Trinajstić information content (AvgIpc) is 2.23. The lowest BCUT2D eigenvalue weighted by Crippen LogP contribution is -2.24. The van der Waals surface area contributed by atoms with E-state index in [0.717, 1.165) is 6.07 Å². The zero-order valence-electron chi connectivity index (χ0n) is 9.41. The first-order chi connectivity index (χ1) is 7.35. The molecule has 1 rings (SSSR count). The van der Waals surface area contributed by atoms with Gasteiger partial charge in [-0.25, -0.2) is 4.39 Å². The van der Waals surface area contributed by atoms with Crippen LogP contribution in [0.25, 0.3) is 0 Å². The zero-order chi connectivity index (χ0) is 12.5. The zero-order valence-corrected chi connectivity index (χ0v) is 9.41. The van der Waals surface area contributed by atoms with Crippen molar-refractivity contribution in [2.24, 2.45) is 0 Å². The topological polar surface area (TPSA) is 69.9 Å². The second-order valence-electron chi connectivity index (χ2n) is 4.18. The van der Waals surface area contributed by atoms with Crippen molar-refractivity contribution in [3.63, 3.8) is 0 Å². The maximum absolute atomic E-state index is 13.9. The molecule has 0 bridgehead atoms. The summed E-state index contributed by atoms with van der Waals surface area (Å²) >= 11 is 0. The Labute approximate surface area is 92.9 Å². The van der Waals surface area contributed by atoms with Gasteiger partial charge in [0.05, 0.1) is 13.7 Å². The maximum atomic E-state index is 13.9. The van der Waals surface area contributed by atoms with Gasteiger partial charge < -0.3 is 20.1 Å². The van der Waals surface area contributed by atoms with Gasteiger partial charge in [0.25, 0.3) is 0 Å². The van der Waals surface area contributed by atoms with Crippen LogP contribution in [-0.4, -0.2) is 29.0 Å². The van der Waals surface area contributed by atoms with Crippen molar-refractivity contribution in [1.82, 2.24) is 0 Å². The molecular weight excluding hydrogens is 215 g/mol. The van der Waals surface area contributed by atoms with Gasteiger partial charge in [0.15, 0.2) is 23.1 Å². The number of hydrogen-bond acceptors (Lipinski definition) is 4. The number of phenols is 2. The highest BCUT2D eigenvalue weighted by Crippen LogP contribution is 2.42. The Hall–Kier alpha value is -1.49. The van der Waals surface area contributed by atoms with Gasteiger partial charge in [0.2, 0.25) is 0 Å². The molecule has 0 saturated heterocycles. The molecule has 0 amide bonds. The summed E-state index contributed by atoms with van der Waals surface area (Å²) in [5.41, 5.74) is -1.17. The SMILES string of the molecule is COc1cc(O)c(O)c(C(C)(C)CO)c1F. The quantitative estimate of drug-likeness (QED) is 0.688. The van der Waals surface area contributed by atoms with Crippen LogP contribution in [0.2, 0.25) is 0 Å². The summed E-state index contributed by atoms with van der Waals surface area (Å²) < 4.78 is 18.6. The molecule has 0 atom stereocenters. The standard InChI is InChI=1S/C11H15FO4/c1-11(2,5-13)8-9(12)7(16-3)4-6(14)10(8)15/h4,13-15H,5H2,1-3H3. The number of hydrogen-bond donors (Lipinski definition) is 3. The minimum atomic E-state index is -1.01. The molecule has 1 aromatic carbocycles. The summed E-state index contributed by atoms with van der Waals surface area (Å²) in [6.45, 7) is 2.72. The molecule has 0 heterocycles. The molecule has 0 saturated carbocycles. The molecular formula is C11H15FO4. The van der Waals surface area contributed by atoms with Crippen LogP contribution < -0.4 is 4.74 Å². The predicted molar refractivity (Wildman–Crippen MR) is 56.4 cm³/mol. The molecule has 4 nitrogen and oxygen atoms in total. The molecule has 3 N–H and O–H groups in total. The van der Waals surface area contributed by atoms with E-state index in [4.69, 9.17) is 9.84 Å². The summed E-state index contributed by atoms with van der Waals surface area (Å²) in [6.07, 6.45) is 0. The van der Waals surface area contributed by atoms with E-state index < -0.39 is 22.7 Å². The minimum absolute atomic E-state index is 0.160. The Kier molecular flexibility index (Phi) is 3.28. The van der Waals surface area contributed by atoms with Gasteiger partial charge in [0.1, 0.15) is 0 Å². The predicted octanol–water partition coefficient (Wildman–Crippen LogP) is 1.52. The van der Waals surface area contributed by atoms with Crippen molar-refractivity contribution >= 4 is 0 Å². The van der Waals surface area contributed by atoms with Gasteiger partial charge in [-0.15, -0.1) is 0 Å². The van der Waals surface area contributed by atoms with Crippen molar-refractivity contribution in [3.05, 3.63) is 17.4 Å². The van der Waals surface area contributed by atoms with Crippen LogP contribution in [0.1, 0.15) is 19.4 Å². The molecule has 0 radical (unpaired) electrons. The number of halogens is 1. The second kappa shape index (κ2) is 4.17. The molecule has 0 fully saturated rings. The highest BCUT2D eigenvalue weighted by Gasteiger charge is 2.31. The summed E-state index contributed by atoms with van der Waals surface area (Å²) in [5, 5.41) is 28.2. The van der Waals surface area contributed by atoms with Gasteiger partial charge in [-0.3, -0.25) is 0 Å². The lowest BCUT2D eigenvalue weighted by Gasteiger charge is -2.25. The third-order valence-electron chi connectivity index (χ3n) is 2.48. The number of ether oxygens (including phenoxy) is 1. The number of rotatable bonds is 3. The van der Waals surface area contributed by atoms with E-state index in [2.05, 4.69) is 0 Å². The van der Waals surface area contributed by atoms with Crippen molar-refractivity contribution in [2.75, 3.05) is 13.7 Å². The Bertz CT molecular complexity index is 401. The fraction of sp³-hybridized carbons (Fsp3) is 0.455. The molecule has 90 valence electrons. The van der Waals surface area contributed by atoms with E-state index >= 15 is 0 Å². The number of benzene rings is 1. The molecule has 0 aliphatic heterocycles. The Morgan fingerprint density at radius 1 is 1.38 bits per heavy atom. The van der Waals surface area contributed by atoms with Crippen LogP contribution in [0.3, 0.4) is 0 Å². The molecule has 0 aromatic heterocycles. The summed E-state index contributed by atoms with van der Waals surface area (Å²) in [6, 6.07) is 0.988. The van der Waals surface area contributed by atoms with Crippen LogP contribution in [0.5, 0.6) is 17.2 Å². The number of aliphatic hydroxyl groups is 1. The third kappa shape index (κ3) is 1.90. The van der Waals surface area contributed by atoms with E-state index in [-0.39, 0.29) is 17.9 Å². The van der Waals surface area contributed by atoms with Crippen molar-refractivity contribution in [2.45, 2.75) is 19.3 Å². The van der Waals surface area contributed by atoms with Crippen LogP contribution >= 0.6 is 0 Å². The molecule has 1 aromatic rings. The molecule has 0 aliphatic carbocycles. The van der Waals surface area contributed by atoms with Gasteiger partial charge in [-0.2, -0.15) is 0 Å². The average molecular weight is 230 g/mol. The van der Waals surface area contributed by atoms with Gasteiger partial charge in [0, 0.05) is 17.0 Å². The minimum Gasteiger partial charge on any atom is -0.504 e. The summed E-state index contributed by atoms with van der Waals surface area (Å²) in [5.74, 6) is -2.00. The fourth-order valence-corrected chi connectivity index (χ4v) is 1.46. The number of aromatic hydroxyl groups is 2. The molecule has 16 heavy (non-hydrogen) atoms. The van der Waals surface area contributed by atoms with Gasteiger partial charge in [-0.1, -0.05) is 13.8 Å². The highest BCUT2D eigenvalue weighted by molar-refractivity contribution is 5.54. The number of methoxy groups -OCH3 is 1. The largest absolute Gasteiger partial charge is 0.504 e. The van der Waals surface area contributed by atoms with E-state index in [1.165, 1.54) is 7.11 Å². The Balaban J connectivity index is 3.54. The Morgan fingerprint density at radius 2 is 1.94 bits per heavy atom. The number of aliphatic hydroxyl groups excluding tert-OH is 1. The van der Waals surface area contributed by atoms with Gasteiger partial charge >= 0.3 is 0 Å². The van der Waals surface area contributed by atoms with Crippen molar-refractivity contribution in [3.8, 4) is 17.2 Å². The van der Waals surface area contributed by atoms with E-state index in [1.54, 1.807) is 13.8 Å². The van der Waals surface area contributed by atoms with E-state index in [9.17, 15) is 14.6 Å². The highest BCUT2D eigenvalue weighted by atomic mass is 19.1. The van der Waals surface area contributed by atoms with E-state index in [1.807, 2.05) is 0 Å². The van der Waals surface area contributed by atoms with Gasteiger partial charge in [-0.05, 0) is 0 Å². The molecule has 0 unspecified atom stereocenters. The first-order valence-electron chi connectivity index (χ1n) is 4.75. The second-order valence-corrected chi connectivity index (χ2v) is 4.18. The van der Waals surface area contributed by atoms with Crippen LogP contribution in [0, 0.1) is 5.82 Å². The normalized spacial score (nSPS) is 11.6. The maximum Gasteiger partial charge on any atom is 0.172 e.